The molecule has 2 aliphatic carbocycles. The van der Waals surface area contributed by atoms with E-state index in [1.807, 2.05) is 0 Å². The lowest BCUT2D eigenvalue weighted by atomic mass is 9.61. The summed E-state index contributed by atoms with van der Waals surface area (Å²) in [5.74, 6) is 1.95. The van der Waals surface area contributed by atoms with E-state index >= 15 is 0 Å². The molecule has 4 nitrogen and oxygen atoms in total. The van der Waals surface area contributed by atoms with Crippen molar-refractivity contribution >= 4 is 0 Å². The Morgan fingerprint density at radius 1 is 1.24 bits per heavy atom. The van der Waals surface area contributed by atoms with Crippen LogP contribution >= 0.6 is 0 Å². The van der Waals surface area contributed by atoms with Gasteiger partial charge in [0.2, 0.25) is 0 Å². The van der Waals surface area contributed by atoms with Crippen LogP contribution in [0.1, 0.15) is 43.2 Å². The average molecular weight is 345 g/mol. The molecule has 0 amide bonds. The topological polar surface area (TPSA) is 52.9 Å². The molecule has 4 heteroatoms. The number of aryl methyl sites for hydroxylation is 1. The van der Waals surface area contributed by atoms with Gasteiger partial charge in [0.1, 0.15) is 5.75 Å². The molecule has 3 atom stereocenters. The van der Waals surface area contributed by atoms with Crippen LogP contribution in [0.2, 0.25) is 0 Å². The molecule has 1 heterocycles. The molecule has 1 aromatic rings. The quantitative estimate of drug-likeness (QED) is 0.831. The number of methoxy groups -OCH3 is 1. The number of fused-ring (bicyclic) bond motifs is 4. The summed E-state index contributed by atoms with van der Waals surface area (Å²) in [6.07, 6.45) is 6.63. The third kappa shape index (κ3) is 2.98. The molecule has 1 saturated carbocycles. The number of aliphatic hydroxyl groups excluding tert-OH is 2. The lowest BCUT2D eigenvalue weighted by Crippen LogP contribution is -2.57. The van der Waals surface area contributed by atoms with Crippen LogP contribution in [-0.2, 0) is 11.8 Å². The van der Waals surface area contributed by atoms with Gasteiger partial charge in [0.25, 0.3) is 0 Å². The number of aliphatic hydroxyl groups is 2. The third-order valence-corrected chi connectivity index (χ3v) is 7.00. The van der Waals surface area contributed by atoms with Gasteiger partial charge in [-0.15, -0.1) is 0 Å². The van der Waals surface area contributed by atoms with Crippen molar-refractivity contribution in [2.75, 3.05) is 33.4 Å². The number of benzene rings is 1. The first-order valence-corrected chi connectivity index (χ1v) is 9.85. The fourth-order valence-electron chi connectivity index (χ4n) is 5.50. The first kappa shape index (κ1) is 17.3. The SMILES string of the molecule is COc1ccc2c(c1)C1(CCO)CCN(CC3CC3)C(CC2)C1CO. The summed E-state index contributed by atoms with van der Waals surface area (Å²) in [6, 6.07) is 6.85. The predicted molar refractivity (Wildman–Crippen MR) is 98.0 cm³/mol. The Labute approximate surface area is 150 Å². The zero-order valence-electron chi connectivity index (χ0n) is 15.3. The van der Waals surface area contributed by atoms with Gasteiger partial charge in [-0.25, -0.2) is 0 Å². The van der Waals surface area contributed by atoms with Gasteiger partial charge in [0, 0.05) is 37.1 Å². The predicted octanol–water partition coefficient (Wildman–Crippen LogP) is 2.35. The number of piperidine rings is 1. The highest BCUT2D eigenvalue weighted by Crippen LogP contribution is 2.51. The van der Waals surface area contributed by atoms with Crippen molar-refractivity contribution in [1.82, 2.24) is 4.90 Å². The maximum absolute atomic E-state index is 10.4. The second kappa shape index (κ2) is 6.90. The molecule has 25 heavy (non-hydrogen) atoms. The molecule has 1 aromatic carbocycles. The van der Waals surface area contributed by atoms with E-state index in [0.717, 1.165) is 43.9 Å². The standard InChI is InChI=1S/C21H31NO3/c1-25-17-6-4-16-5-7-20-19(14-24)21(9-11-23,18(16)12-17)8-10-22(20)13-15-2-3-15/h4,6,12,15,19-20,23-24H,2-3,5,7-11,13-14H2,1H3. The zero-order valence-corrected chi connectivity index (χ0v) is 15.3. The van der Waals surface area contributed by atoms with Gasteiger partial charge < -0.3 is 14.9 Å². The van der Waals surface area contributed by atoms with E-state index < -0.39 is 0 Å². The summed E-state index contributed by atoms with van der Waals surface area (Å²) in [6.45, 7) is 2.63. The first-order chi connectivity index (χ1) is 12.2. The maximum atomic E-state index is 10.4. The van der Waals surface area contributed by atoms with Crippen LogP contribution < -0.4 is 4.74 Å². The van der Waals surface area contributed by atoms with Crippen molar-refractivity contribution in [3.8, 4) is 5.75 Å². The Bertz CT molecular complexity index is 615. The smallest absolute Gasteiger partial charge is 0.119 e. The summed E-state index contributed by atoms with van der Waals surface area (Å²) >= 11 is 0. The number of nitrogens with zero attached hydrogens (tertiary/aromatic N) is 1. The van der Waals surface area contributed by atoms with Crippen molar-refractivity contribution in [3.05, 3.63) is 29.3 Å². The molecule has 3 aliphatic rings. The van der Waals surface area contributed by atoms with Gasteiger partial charge in [0.15, 0.2) is 0 Å². The number of hydrogen-bond acceptors (Lipinski definition) is 4. The van der Waals surface area contributed by atoms with Crippen molar-refractivity contribution in [2.24, 2.45) is 11.8 Å². The fraction of sp³-hybridized carbons (Fsp3) is 0.714. The first-order valence-electron chi connectivity index (χ1n) is 9.85. The number of ether oxygens (including phenoxy) is 1. The Balaban J connectivity index is 1.76. The third-order valence-electron chi connectivity index (χ3n) is 7.00. The van der Waals surface area contributed by atoms with Gasteiger partial charge >= 0.3 is 0 Å². The van der Waals surface area contributed by atoms with E-state index in [9.17, 15) is 10.2 Å². The van der Waals surface area contributed by atoms with Crippen LogP contribution in [0.25, 0.3) is 0 Å². The molecule has 2 bridgehead atoms. The molecule has 2 fully saturated rings. The van der Waals surface area contributed by atoms with E-state index in [0.29, 0.717) is 6.04 Å². The van der Waals surface area contributed by atoms with Crippen LogP contribution in [0, 0.1) is 11.8 Å². The van der Waals surface area contributed by atoms with Crippen LogP contribution in [0.4, 0.5) is 0 Å². The van der Waals surface area contributed by atoms with Crippen LogP contribution in [0.15, 0.2) is 18.2 Å². The molecule has 1 aliphatic heterocycles. The second-order valence-electron chi connectivity index (χ2n) is 8.24. The van der Waals surface area contributed by atoms with Crippen molar-refractivity contribution in [1.29, 1.82) is 0 Å². The summed E-state index contributed by atoms with van der Waals surface area (Å²) in [4.78, 5) is 2.65. The molecule has 3 unspecified atom stereocenters. The molecular formula is C21H31NO3. The minimum atomic E-state index is -0.130. The van der Waals surface area contributed by atoms with Crippen molar-refractivity contribution in [3.63, 3.8) is 0 Å². The fourth-order valence-corrected chi connectivity index (χ4v) is 5.50. The molecule has 1 saturated heterocycles. The molecule has 0 spiro atoms. The van der Waals surface area contributed by atoms with Gasteiger partial charge in [0.05, 0.1) is 7.11 Å². The number of rotatable bonds is 6. The van der Waals surface area contributed by atoms with E-state index in [1.54, 1.807) is 7.11 Å². The van der Waals surface area contributed by atoms with Gasteiger partial charge in [-0.05, 0) is 74.2 Å². The highest BCUT2D eigenvalue weighted by Gasteiger charge is 2.51. The Kier molecular flexibility index (Phi) is 4.78. The second-order valence-corrected chi connectivity index (χ2v) is 8.24. The Hall–Kier alpha value is -1.10. The van der Waals surface area contributed by atoms with E-state index in [-0.39, 0.29) is 24.5 Å². The summed E-state index contributed by atoms with van der Waals surface area (Å²) < 4.78 is 5.50. The number of likely N-dealkylation sites (tertiary alicyclic amines) is 1. The molecule has 4 rings (SSSR count). The highest BCUT2D eigenvalue weighted by molar-refractivity contribution is 5.43. The lowest BCUT2D eigenvalue weighted by molar-refractivity contribution is -0.0164. The summed E-state index contributed by atoms with van der Waals surface area (Å²) in [5.41, 5.74) is 2.56. The average Bonchev–Trinajstić information content (AvgIpc) is 3.45. The van der Waals surface area contributed by atoms with Gasteiger partial charge in [-0.3, -0.25) is 4.90 Å². The molecule has 0 radical (unpaired) electrons. The van der Waals surface area contributed by atoms with Gasteiger partial charge in [-0.1, -0.05) is 6.07 Å². The molecule has 0 aromatic heterocycles. The minimum Gasteiger partial charge on any atom is -0.497 e. The monoisotopic (exact) mass is 345 g/mol. The van der Waals surface area contributed by atoms with Crippen LogP contribution in [0.5, 0.6) is 5.75 Å². The Morgan fingerprint density at radius 3 is 2.76 bits per heavy atom. The molecule has 138 valence electrons. The maximum Gasteiger partial charge on any atom is 0.119 e. The summed E-state index contributed by atoms with van der Waals surface area (Å²) in [5, 5.41) is 20.3. The minimum absolute atomic E-state index is 0.130. The van der Waals surface area contributed by atoms with E-state index in [2.05, 4.69) is 23.1 Å². The Morgan fingerprint density at radius 2 is 2.08 bits per heavy atom. The van der Waals surface area contributed by atoms with Crippen LogP contribution in [0.3, 0.4) is 0 Å². The molecular weight excluding hydrogens is 314 g/mol. The van der Waals surface area contributed by atoms with Gasteiger partial charge in [-0.2, -0.15) is 0 Å². The molecule has 2 N–H and O–H groups in total. The zero-order chi connectivity index (χ0) is 17.4. The van der Waals surface area contributed by atoms with Crippen molar-refractivity contribution in [2.45, 2.75) is 50.0 Å². The number of hydrogen-bond donors (Lipinski definition) is 2. The normalized spacial score (nSPS) is 32.1. The highest BCUT2D eigenvalue weighted by atomic mass is 16.5. The van der Waals surface area contributed by atoms with E-state index in [4.69, 9.17) is 4.74 Å². The van der Waals surface area contributed by atoms with E-state index in [1.165, 1.54) is 30.5 Å². The lowest BCUT2D eigenvalue weighted by Gasteiger charge is -2.52. The van der Waals surface area contributed by atoms with Crippen LogP contribution in [-0.4, -0.2) is 54.6 Å². The largest absolute Gasteiger partial charge is 0.497 e. The van der Waals surface area contributed by atoms with Crippen molar-refractivity contribution < 1.29 is 14.9 Å². The summed E-state index contributed by atoms with van der Waals surface area (Å²) in [7, 11) is 1.71.